The second-order valence-corrected chi connectivity index (χ2v) is 2.93. The summed E-state index contributed by atoms with van der Waals surface area (Å²) >= 11 is 0. The minimum atomic E-state index is -0.382. The Balaban J connectivity index is 2.36. The Morgan fingerprint density at radius 2 is 2.45 bits per heavy atom. The topological polar surface area (TPSA) is 71.8 Å². The third-order valence-corrected chi connectivity index (χ3v) is 2.27. The van der Waals surface area contributed by atoms with Gasteiger partial charge in [-0.1, -0.05) is 0 Å². The number of aromatic amines is 1. The van der Waals surface area contributed by atoms with Crippen molar-refractivity contribution in [3.8, 4) is 0 Å². The number of carbonyl (C=O) groups excluding carboxylic acids is 1. The van der Waals surface area contributed by atoms with Crippen LogP contribution in [0.15, 0.2) is 12.4 Å². The molecule has 1 aromatic rings. The molecule has 11 heavy (non-hydrogen) atoms. The molecule has 1 fully saturated rings. The number of nitrogens with one attached hydrogen (secondary N) is 1. The van der Waals surface area contributed by atoms with Gasteiger partial charge in [0.15, 0.2) is 0 Å². The summed E-state index contributed by atoms with van der Waals surface area (Å²) in [5, 5.41) is 6.45. The van der Waals surface area contributed by atoms with Crippen LogP contribution in [0.25, 0.3) is 0 Å². The molecule has 4 heteroatoms. The molecule has 1 aromatic heterocycles. The predicted molar refractivity (Wildman–Crippen MR) is 38.7 cm³/mol. The second-order valence-electron chi connectivity index (χ2n) is 2.93. The van der Waals surface area contributed by atoms with E-state index in [9.17, 15) is 4.79 Å². The van der Waals surface area contributed by atoms with Gasteiger partial charge in [0.1, 0.15) is 0 Å². The quantitative estimate of drug-likeness (QED) is 0.620. The molecule has 0 bridgehead atoms. The van der Waals surface area contributed by atoms with E-state index in [1.807, 2.05) is 0 Å². The molecule has 1 aliphatic carbocycles. The van der Waals surface area contributed by atoms with E-state index in [1.54, 1.807) is 12.4 Å². The third-order valence-electron chi connectivity index (χ3n) is 2.27. The van der Waals surface area contributed by atoms with E-state index >= 15 is 0 Å². The summed E-state index contributed by atoms with van der Waals surface area (Å²) in [6.07, 6.45) is 5.12. The first-order valence-electron chi connectivity index (χ1n) is 3.55. The van der Waals surface area contributed by atoms with Crippen LogP contribution in [0, 0.1) is 0 Å². The standard InChI is InChI=1S/C7H9N3O/c8-6(11)7(1-2-7)5-3-9-10-4-5/h3-4H,1-2H2,(H2,8,11)(H,9,10). The Labute approximate surface area is 63.8 Å². The van der Waals surface area contributed by atoms with Crippen molar-refractivity contribution in [3.63, 3.8) is 0 Å². The molecule has 0 unspecified atom stereocenters. The lowest BCUT2D eigenvalue weighted by Gasteiger charge is -2.05. The van der Waals surface area contributed by atoms with Crippen molar-refractivity contribution in [2.45, 2.75) is 18.3 Å². The number of H-pyrrole nitrogens is 1. The molecule has 4 nitrogen and oxygen atoms in total. The number of rotatable bonds is 2. The molecule has 2 rings (SSSR count). The van der Waals surface area contributed by atoms with Crippen LogP contribution < -0.4 is 5.73 Å². The molecule has 0 spiro atoms. The van der Waals surface area contributed by atoms with Crippen LogP contribution >= 0.6 is 0 Å². The van der Waals surface area contributed by atoms with Gasteiger partial charge < -0.3 is 5.73 Å². The highest BCUT2D eigenvalue weighted by Crippen LogP contribution is 2.47. The Kier molecular flexibility index (Phi) is 1.07. The van der Waals surface area contributed by atoms with E-state index in [1.165, 1.54) is 0 Å². The molecule has 1 saturated carbocycles. The molecule has 58 valence electrons. The SMILES string of the molecule is NC(=O)C1(c2cn[nH]c2)CC1. The van der Waals surface area contributed by atoms with Gasteiger partial charge in [-0.3, -0.25) is 9.89 Å². The van der Waals surface area contributed by atoms with Crippen molar-refractivity contribution in [2.24, 2.45) is 5.73 Å². The van der Waals surface area contributed by atoms with Crippen LogP contribution in [0.3, 0.4) is 0 Å². The molecule has 0 atom stereocenters. The van der Waals surface area contributed by atoms with E-state index in [0.29, 0.717) is 0 Å². The van der Waals surface area contributed by atoms with Gasteiger partial charge in [0.25, 0.3) is 0 Å². The summed E-state index contributed by atoms with van der Waals surface area (Å²) in [5.41, 5.74) is 5.78. The van der Waals surface area contributed by atoms with Crippen molar-refractivity contribution >= 4 is 5.91 Å². The van der Waals surface area contributed by atoms with E-state index in [-0.39, 0.29) is 11.3 Å². The van der Waals surface area contributed by atoms with Gasteiger partial charge in [-0.25, -0.2) is 0 Å². The van der Waals surface area contributed by atoms with Gasteiger partial charge >= 0.3 is 0 Å². The maximum atomic E-state index is 11.0. The van der Waals surface area contributed by atoms with E-state index in [0.717, 1.165) is 18.4 Å². The Hall–Kier alpha value is -1.32. The van der Waals surface area contributed by atoms with Gasteiger partial charge in [-0.2, -0.15) is 5.10 Å². The first kappa shape index (κ1) is 6.39. The van der Waals surface area contributed by atoms with Gasteiger partial charge in [-0.05, 0) is 12.8 Å². The fraction of sp³-hybridized carbons (Fsp3) is 0.429. The first-order valence-corrected chi connectivity index (χ1v) is 3.55. The van der Waals surface area contributed by atoms with Crippen LogP contribution in [0.1, 0.15) is 18.4 Å². The van der Waals surface area contributed by atoms with Gasteiger partial charge in [0.2, 0.25) is 5.91 Å². The molecular weight excluding hydrogens is 142 g/mol. The maximum Gasteiger partial charge on any atom is 0.228 e. The summed E-state index contributed by atoms with van der Waals surface area (Å²) in [4.78, 5) is 11.0. The summed E-state index contributed by atoms with van der Waals surface area (Å²) in [7, 11) is 0. The zero-order valence-electron chi connectivity index (χ0n) is 6.00. The zero-order valence-corrected chi connectivity index (χ0v) is 6.00. The molecule has 0 radical (unpaired) electrons. The number of hydrogen-bond acceptors (Lipinski definition) is 2. The van der Waals surface area contributed by atoms with Crippen molar-refractivity contribution in [2.75, 3.05) is 0 Å². The van der Waals surface area contributed by atoms with Crippen molar-refractivity contribution in [3.05, 3.63) is 18.0 Å². The van der Waals surface area contributed by atoms with Crippen molar-refractivity contribution < 1.29 is 4.79 Å². The number of hydrogen-bond donors (Lipinski definition) is 2. The number of nitrogens with two attached hydrogens (primary N) is 1. The van der Waals surface area contributed by atoms with Crippen LogP contribution in [0.5, 0.6) is 0 Å². The van der Waals surface area contributed by atoms with Crippen LogP contribution in [0.2, 0.25) is 0 Å². The van der Waals surface area contributed by atoms with Crippen molar-refractivity contribution in [1.82, 2.24) is 10.2 Å². The van der Waals surface area contributed by atoms with Gasteiger partial charge in [0.05, 0.1) is 11.6 Å². The third kappa shape index (κ3) is 0.753. The van der Waals surface area contributed by atoms with Gasteiger partial charge in [0, 0.05) is 11.8 Å². The largest absolute Gasteiger partial charge is 0.369 e. The van der Waals surface area contributed by atoms with Crippen LogP contribution in [-0.4, -0.2) is 16.1 Å². The monoisotopic (exact) mass is 151 g/mol. The molecule has 0 aliphatic heterocycles. The molecule has 0 saturated heterocycles. The number of nitrogens with zero attached hydrogens (tertiary/aromatic N) is 1. The highest BCUT2D eigenvalue weighted by atomic mass is 16.1. The van der Waals surface area contributed by atoms with E-state index < -0.39 is 0 Å². The lowest BCUT2D eigenvalue weighted by Crippen LogP contribution is -2.27. The highest BCUT2D eigenvalue weighted by Gasteiger charge is 2.50. The summed E-state index contributed by atoms with van der Waals surface area (Å²) in [6, 6.07) is 0. The average Bonchev–Trinajstić information content (AvgIpc) is 2.61. The summed E-state index contributed by atoms with van der Waals surface area (Å²) in [6.45, 7) is 0. The molecule has 1 aliphatic rings. The minimum Gasteiger partial charge on any atom is -0.369 e. The average molecular weight is 151 g/mol. The second kappa shape index (κ2) is 1.84. The summed E-state index contributed by atoms with van der Waals surface area (Å²) < 4.78 is 0. The molecule has 1 heterocycles. The predicted octanol–water partition coefficient (Wildman–Crippen LogP) is -0.0734. The Morgan fingerprint density at radius 1 is 1.73 bits per heavy atom. The number of amides is 1. The lowest BCUT2D eigenvalue weighted by molar-refractivity contribution is -0.120. The smallest absolute Gasteiger partial charge is 0.228 e. The molecular formula is C7H9N3O. The first-order chi connectivity index (χ1) is 5.26. The summed E-state index contributed by atoms with van der Waals surface area (Å²) in [5.74, 6) is -0.237. The molecule has 0 aromatic carbocycles. The molecule has 1 amide bonds. The van der Waals surface area contributed by atoms with Crippen molar-refractivity contribution in [1.29, 1.82) is 0 Å². The van der Waals surface area contributed by atoms with E-state index in [4.69, 9.17) is 5.73 Å². The van der Waals surface area contributed by atoms with Crippen LogP contribution in [-0.2, 0) is 10.2 Å². The number of aromatic nitrogens is 2. The number of primary amides is 1. The van der Waals surface area contributed by atoms with Gasteiger partial charge in [-0.15, -0.1) is 0 Å². The zero-order chi connectivity index (χ0) is 7.90. The normalized spacial score (nSPS) is 19.6. The fourth-order valence-electron chi connectivity index (χ4n) is 1.31. The maximum absolute atomic E-state index is 11.0. The molecule has 3 N–H and O–H groups in total. The van der Waals surface area contributed by atoms with Crippen LogP contribution in [0.4, 0.5) is 0 Å². The minimum absolute atomic E-state index is 0.237. The Bertz CT molecular complexity index is 274. The fourth-order valence-corrected chi connectivity index (χ4v) is 1.31. The number of carbonyl (C=O) groups is 1. The Morgan fingerprint density at radius 3 is 2.82 bits per heavy atom. The lowest BCUT2D eigenvalue weighted by atomic mass is 9.99. The van der Waals surface area contributed by atoms with E-state index in [2.05, 4.69) is 10.2 Å². The highest BCUT2D eigenvalue weighted by molar-refractivity contribution is 5.89.